The fourth-order valence-corrected chi connectivity index (χ4v) is 2.25. The van der Waals surface area contributed by atoms with Crippen molar-refractivity contribution in [1.29, 1.82) is 0 Å². The maximum atomic E-state index is 14.3. The number of halogens is 8. The molecule has 0 bridgehead atoms. The maximum Gasteiger partial charge on any atom is 0.412 e. The average molecular weight is 403 g/mol. The molecule has 0 N–H and O–H groups in total. The van der Waals surface area contributed by atoms with Gasteiger partial charge in [-0.25, -0.2) is 13.5 Å². The lowest BCUT2D eigenvalue weighted by Crippen LogP contribution is -2.50. The average Bonchev–Trinajstić information content (AvgIpc) is 2.55. The lowest BCUT2D eigenvalue weighted by atomic mass is 10.1. The molecule has 0 aromatic heterocycles. The van der Waals surface area contributed by atoms with Gasteiger partial charge in [0.2, 0.25) is 0 Å². The van der Waals surface area contributed by atoms with E-state index >= 15 is 0 Å². The third-order valence-electron chi connectivity index (χ3n) is 3.26. The highest BCUT2D eigenvalue weighted by Gasteiger charge is 2.67. The Labute approximate surface area is 149 Å². The molecule has 2 atom stereocenters. The first-order valence-electron chi connectivity index (χ1n) is 6.74. The van der Waals surface area contributed by atoms with E-state index < -0.39 is 33.6 Å². The van der Waals surface area contributed by atoms with Crippen molar-refractivity contribution in [3.8, 4) is 0 Å². The van der Waals surface area contributed by atoms with Crippen LogP contribution >= 0.6 is 23.2 Å². The van der Waals surface area contributed by atoms with Crippen LogP contribution in [0.25, 0.3) is 0 Å². The second-order valence-electron chi connectivity index (χ2n) is 5.02. The van der Waals surface area contributed by atoms with Gasteiger partial charge < -0.3 is 0 Å². The molecule has 0 heterocycles. The summed E-state index contributed by atoms with van der Waals surface area (Å²) in [6, 6.07) is 10.7. The number of rotatable bonds is 6. The van der Waals surface area contributed by atoms with Crippen LogP contribution < -0.4 is 0 Å². The number of hydrogen-bond donors (Lipinski definition) is 0. The molecule has 136 valence electrons. The molecule has 0 spiro atoms. The standard InChI is InChI=1S/C16H10Cl2F6O/c17-13(19,11-7-3-1-4-8-11)15(21,22)25-16(23,24)14(18,20)12-9-5-2-6-10-12/h1-10H. The summed E-state index contributed by atoms with van der Waals surface area (Å²) in [6.07, 6.45) is -10.6. The zero-order valence-corrected chi connectivity index (χ0v) is 13.7. The van der Waals surface area contributed by atoms with Gasteiger partial charge >= 0.3 is 12.2 Å². The predicted molar refractivity (Wildman–Crippen MR) is 81.1 cm³/mol. The quantitative estimate of drug-likeness (QED) is 0.406. The van der Waals surface area contributed by atoms with E-state index in [1.165, 1.54) is 12.1 Å². The molecular weight excluding hydrogens is 393 g/mol. The highest BCUT2D eigenvalue weighted by Crippen LogP contribution is 2.53. The van der Waals surface area contributed by atoms with E-state index in [0.717, 1.165) is 48.5 Å². The number of benzene rings is 2. The van der Waals surface area contributed by atoms with Crippen LogP contribution in [0.15, 0.2) is 60.7 Å². The zero-order chi connectivity index (χ0) is 18.9. The second-order valence-corrected chi connectivity index (χ2v) is 6.06. The van der Waals surface area contributed by atoms with Crippen LogP contribution in [0, 0.1) is 0 Å². The van der Waals surface area contributed by atoms with Crippen molar-refractivity contribution < 1.29 is 31.1 Å². The predicted octanol–water partition coefficient (Wildman–Crippen LogP) is 6.31. The first-order valence-corrected chi connectivity index (χ1v) is 7.50. The number of hydrogen-bond acceptors (Lipinski definition) is 1. The molecule has 25 heavy (non-hydrogen) atoms. The molecule has 0 radical (unpaired) electrons. The number of alkyl halides is 8. The van der Waals surface area contributed by atoms with Gasteiger partial charge in [-0.15, -0.1) is 0 Å². The molecular formula is C16H10Cl2F6O. The fourth-order valence-electron chi connectivity index (χ4n) is 1.92. The first-order chi connectivity index (χ1) is 11.4. The summed E-state index contributed by atoms with van der Waals surface area (Å²) in [4.78, 5) is 0. The SMILES string of the molecule is FC(F)(OC(F)(F)C(F)(Cl)c1ccccc1)C(F)(Cl)c1ccccc1. The summed E-state index contributed by atoms with van der Waals surface area (Å²) < 4.78 is 87.8. The third kappa shape index (κ3) is 3.73. The third-order valence-corrected chi connectivity index (χ3v) is 4.14. The molecule has 2 aromatic carbocycles. The van der Waals surface area contributed by atoms with Crippen LogP contribution in [0.1, 0.15) is 11.1 Å². The van der Waals surface area contributed by atoms with Gasteiger partial charge in [0.1, 0.15) is 0 Å². The largest absolute Gasteiger partial charge is 0.412 e. The van der Waals surface area contributed by atoms with Gasteiger partial charge in [0.15, 0.2) is 0 Å². The molecule has 1 nitrogen and oxygen atoms in total. The molecule has 0 saturated heterocycles. The molecule has 0 aliphatic carbocycles. The van der Waals surface area contributed by atoms with Crippen LogP contribution in [0.2, 0.25) is 0 Å². The topological polar surface area (TPSA) is 9.23 Å². The molecule has 0 fully saturated rings. The fraction of sp³-hybridized carbons (Fsp3) is 0.250. The Morgan fingerprint density at radius 1 is 0.560 bits per heavy atom. The van der Waals surface area contributed by atoms with Crippen molar-refractivity contribution in [3.63, 3.8) is 0 Å². The van der Waals surface area contributed by atoms with Gasteiger partial charge in [0, 0.05) is 11.1 Å². The van der Waals surface area contributed by atoms with Crippen LogP contribution in [0.5, 0.6) is 0 Å². The maximum absolute atomic E-state index is 14.3. The van der Waals surface area contributed by atoms with Crippen LogP contribution in [0.4, 0.5) is 26.3 Å². The minimum atomic E-state index is -5.31. The lowest BCUT2D eigenvalue weighted by molar-refractivity contribution is -0.422. The van der Waals surface area contributed by atoms with Crippen molar-refractivity contribution in [3.05, 3.63) is 71.8 Å². The van der Waals surface area contributed by atoms with Crippen LogP contribution in [0.3, 0.4) is 0 Å². The molecule has 2 unspecified atom stereocenters. The van der Waals surface area contributed by atoms with E-state index in [4.69, 9.17) is 23.2 Å². The minimum Gasteiger partial charge on any atom is -0.247 e. The van der Waals surface area contributed by atoms with Gasteiger partial charge in [-0.05, 0) is 0 Å². The Morgan fingerprint density at radius 2 is 0.840 bits per heavy atom. The molecule has 0 aliphatic rings. The van der Waals surface area contributed by atoms with Crippen molar-refractivity contribution in [1.82, 2.24) is 0 Å². The van der Waals surface area contributed by atoms with Gasteiger partial charge in [-0.1, -0.05) is 83.9 Å². The molecule has 0 aliphatic heterocycles. The van der Waals surface area contributed by atoms with Crippen LogP contribution in [-0.2, 0) is 15.0 Å². The Bertz CT molecular complexity index is 646. The Hall–Kier alpha value is -1.44. The van der Waals surface area contributed by atoms with Crippen LogP contribution in [-0.4, -0.2) is 12.2 Å². The van der Waals surface area contributed by atoms with Crippen molar-refractivity contribution >= 4 is 23.2 Å². The summed E-state index contributed by atoms with van der Waals surface area (Å²) >= 11 is 10.2. The normalized spacial score (nSPS) is 17.6. The van der Waals surface area contributed by atoms with Gasteiger partial charge in [-0.2, -0.15) is 17.6 Å². The smallest absolute Gasteiger partial charge is 0.247 e. The molecule has 2 aromatic rings. The Morgan fingerprint density at radius 3 is 1.12 bits per heavy atom. The first kappa shape index (κ1) is 19.9. The van der Waals surface area contributed by atoms with Crippen molar-refractivity contribution in [2.24, 2.45) is 0 Å². The summed E-state index contributed by atoms with van der Waals surface area (Å²) in [6.45, 7) is 0. The van der Waals surface area contributed by atoms with E-state index in [1.807, 2.05) is 0 Å². The van der Waals surface area contributed by atoms with E-state index in [9.17, 15) is 26.3 Å². The van der Waals surface area contributed by atoms with E-state index in [2.05, 4.69) is 4.74 Å². The lowest BCUT2D eigenvalue weighted by Gasteiger charge is -2.34. The van der Waals surface area contributed by atoms with Crippen molar-refractivity contribution in [2.45, 2.75) is 22.5 Å². The highest BCUT2D eigenvalue weighted by atomic mass is 35.5. The summed E-state index contributed by atoms with van der Waals surface area (Å²) in [5.74, 6) is 0. The molecule has 0 amide bonds. The Kier molecular flexibility index (Phi) is 5.33. The minimum absolute atomic E-state index is 0.836. The summed E-state index contributed by atoms with van der Waals surface area (Å²) in [5, 5.41) is -8.36. The van der Waals surface area contributed by atoms with E-state index in [0.29, 0.717) is 0 Å². The summed E-state index contributed by atoms with van der Waals surface area (Å²) in [5.41, 5.74) is -1.70. The van der Waals surface area contributed by atoms with Gasteiger partial charge in [-0.3, -0.25) is 0 Å². The number of ether oxygens (including phenoxy) is 1. The second kappa shape index (κ2) is 6.70. The Balaban J connectivity index is 2.35. The summed E-state index contributed by atoms with van der Waals surface area (Å²) in [7, 11) is 0. The molecule has 2 rings (SSSR count). The van der Waals surface area contributed by atoms with Gasteiger partial charge in [0.05, 0.1) is 0 Å². The van der Waals surface area contributed by atoms with E-state index in [-0.39, 0.29) is 0 Å². The van der Waals surface area contributed by atoms with Gasteiger partial charge in [0.25, 0.3) is 10.3 Å². The zero-order valence-electron chi connectivity index (χ0n) is 12.2. The van der Waals surface area contributed by atoms with E-state index in [1.54, 1.807) is 0 Å². The highest BCUT2D eigenvalue weighted by molar-refractivity contribution is 6.24. The van der Waals surface area contributed by atoms with Crippen molar-refractivity contribution in [2.75, 3.05) is 0 Å². The molecule has 0 saturated carbocycles. The molecule has 9 heteroatoms. The monoisotopic (exact) mass is 402 g/mol.